The summed E-state index contributed by atoms with van der Waals surface area (Å²) in [5, 5.41) is 13.7. The van der Waals surface area contributed by atoms with Gasteiger partial charge in [0, 0.05) is 38.3 Å². The van der Waals surface area contributed by atoms with Crippen LogP contribution in [0.4, 0.5) is 10.2 Å². The fourth-order valence-electron chi connectivity index (χ4n) is 3.97. The van der Waals surface area contributed by atoms with Crippen LogP contribution in [0, 0.1) is 5.82 Å². The lowest BCUT2D eigenvalue weighted by Crippen LogP contribution is -2.41. The smallest absolute Gasteiger partial charge is 0.268 e. The van der Waals surface area contributed by atoms with Gasteiger partial charge in [-0.2, -0.15) is 10.2 Å². The highest BCUT2D eigenvalue weighted by molar-refractivity contribution is 6.10. The summed E-state index contributed by atoms with van der Waals surface area (Å²) in [4.78, 5) is 18.0. The summed E-state index contributed by atoms with van der Waals surface area (Å²) in [5.41, 5.74) is 9.54. The molecule has 34 heavy (non-hydrogen) atoms. The van der Waals surface area contributed by atoms with E-state index in [1.807, 2.05) is 19.2 Å². The highest BCUT2D eigenvalue weighted by Crippen LogP contribution is 2.28. The molecule has 172 valence electrons. The van der Waals surface area contributed by atoms with E-state index < -0.39 is 0 Å². The fourth-order valence-corrected chi connectivity index (χ4v) is 3.97. The average molecular weight is 459 g/mol. The quantitative estimate of drug-likeness (QED) is 0.407. The molecule has 3 aromatic heterocycles. The monoisotopic (exact) mass is 458 g/mol. The van der Waals surface area contributed by atoms with Gasteiger partial charge in [-0.05, 0) is 48.5 Å². The van der Waals surface area contributed by atoms with Crippen LogP contribution in [-0.2, 0) is 13.6 Å². The van der Waals surface area contributed by atoms with Crippen LogP contribution in [0.25, 0.3) is 27.5 Å². The number of halogens is 1. The molecule has 9 nitrogen and oxygen atoms in total. The predicted octanol–water partition coefficient (Wildman–Crippen LogP) is 3.15. The fraction of sp³-hybridized carbons (Fsp3) is 0.167. The summed E-state index contributed by atoms with van der Waals surface area (Å²) in [6, 6.07) is 13.3. The molecule has 0 bridgehead atoms. The van der Waals surface area contributed by atoms with Crippen molar-refractivity contribution in [3.63, 3.8) is 0 Å². The van der Waals surface area contributed by atoms with Gasteiger partial charge in [0.05, 0.1) is 40.5 Å². The Hall–Kier alpha value is -4.31. The van der Waals surface area contributed by atoms with Crippen molar-refractivity contribution < 1.29 is 9.18 Å². The first kappa shape index (κ1) is 21.5. The lowest BCUT2D eigenvalue weighted by molar-refractivity contribution is 0.0148. The van der Waals surface area contributed by atoms with E-state index in [9.17, 15) is 9.18 Å². The zero-order valence-electron chi connectivity index (χ0n) is 19.0. The third-order valence-electron chi connectivity index (χ3n) is 5.72. The van der Waals surface area contributed by atoms with Crippen molar-refractivity contribution in [3.05, 3.63) is 78.0 Å². The molecule has 0 saturated heterocycles. The van der Waals surface area contributed by atoms with Crippen molar-refractivity contribution in [2.75, 3.05) is 19.8 Å². The third-order valence-corrected chi connectivity index (χ3v) is 5.72. The molecule has 0 atom stereocenters. The van der Waals surface area contributed by atoms with Crippen molar-refractivity contribution in [2.45, 2.75) is 6.54 Å². The number of anilines is 1. The molecule has 5 aromatic rings. The number of pyridine rings is 1. The number of hydrazine groups is 1. The van der Waals surface area contributed by atoms with Crippen molar-refractivity contribution in [2.24, 2.45) is 7.05 Å². The highest BCUT2D eigenvalue weighted by atomic mass is 19.1. The Balaban J connectivity index is 1.47. The van der Waals surface area contributed by atoms with Gasteiger partial charge < -0.3 is 5.73 Å². The largest absolute Gasteiger partial charge is 0.383 e. The Kier molecular flexibility index (Phi) is 5.21. The molecule has 5 rings (SSSR count). The lowest BCUT2D eigenvalue weighted by atomic mass is 10.1. The molecule has 1 amide bonds. The Morgan fingerprint density at radius 3 is 2.59 bits per heavy atom. The second-order valence-electron chi connectivity index (χ2n) is 8.20. The maximum absolute atomic E-state index is 13.5. The lowest BCUT2D eigenvalue weighted by Gasteiger charge is -2.28. The number of amides is 1. The standard InChI is InChI=1S/C24H23FN8O/c1-30(2)33(14-17-10-11-32(29-17)18-7-5-16(25)6-8-18)24(34)15-4-9-21-19(12-15)22-20(23(26)28-21)13-27-31(22)3/h4-13H,14H2,1-3H3,(H2,26,28). The molecule has 0 aliphatic heterocycles. The van der Waals surface area contributed by atoms with Gasteiger partial charge in [0.2, 0.25) is 0 Å². The molecule has 2 aromatic carbocycles. The Bertz CT molecular complexity index is 1520. The molecule has 0 unspecified atom stereocenters. The SMILES string of the molecule is CN(C)N(Cc1ccn(-c2ccc(F)cc2)n1)C(=O)c1ccc2nc(N)c3cnn(C)c3c2c1. The summed E-state index contributed by atoms with van der Waals surface area (Å²) < 4.78 is 16.6. The van der Waals surface area contributed by atoms with Gasteiger partial charge in [-0.3, -0.25) is 14.5 Å². The van der Waals surface area contributed by atoms with Crippen LogP contribution >= 0.6 is 0 Å². The van der Waals surface area contributed by atoms with Crippen LogP contribution in [0.15, 0.2) is 60.9 Å². The molecular weight excluding hydrogens is 435 g/mol. The molecule has 3 heterocycles. The predicted molar refractivity (Wildman–Crippen MR) is 128 cm³/mol. The van der Waals surface area contributed by atoms with Crippen LogP contribution in [0.5, 0.6) is 0 Å². The summed E-state index contributed by atoms with van der Waals surface area (Å²) in [7, 11) is 5.44. The van der Waals surface area contributed by atoms with Crippen LogP contribution in [0.2, 0.25) is 0 Å². The number of fused-ring (bicyclic) bond motifs is 3. The summed E-state index contributed by atoms with van der Waals surface area (Å²) in [6.07, 6.45) is 3.46. The number of nitrogen functional groups attached to an aromatic ring is 1. The van der Waals surface area contributed by atoms with E-state index in [0.717, 1.165) is 22.0 Å². The molecule has 0 aliphatic carbocycles. The summed E-state index contributed by atoms with van der Waals surface area (Å²) in [5.74, 6) is -0.0890. The molecule has 0 saturated carbocycles. The maximum atomic E-state index is 13.5. The third kappa shape index (κ3) is 3.73. The van der Waals surface area contributed by atoms with E-state index in [2.05, 4.69) is 15.2 Å². The van der Waals surface area contributed by atoms with Crippen LogP contribution in [0.3, 0.4) is 0 Å². The number of aryl methyl sites for hydroxylation is 1. The summed E-state index contributed by atoms with van der Waals surface area (Å²) in [6.45, 7) is 0.263. The minimum atomic E-state index is -0.308. The number of hydrogen-bond donors (Lipinski definition) is 1. The topological polar surface area (TPSA) is 98.1 Å². The number of nitrogens with zero attached hydrogens (tertiary/aromatic N) is 7. The van der Waals surface area contributed by atoms with Gasteiger partial charge in [0.15, 0.2) is 0 Å². The first-order valence-corrected chi connectivity index (χ1v) is 10.6. The number of rotatable bonds is 5. The second-order valence-corrected chi connectivity index (χ2v) is 8.20. The molecule has 0 radical (unpaired) electrons. The normalized spacial score (nSPS) is 11.6. The zero-order valence-corrected chi connectivity index (χ0v) is 19.0. The van der Waals surface area contributed by atoms with Gasteiger partial charge in [-0.25, -0.2) is 19.1 Å². The average Bonchev–Trinajstić information content (AvgIpc) is 3.45. The van der Waals surface area contributed by atoms with E-state index in [4.69, 9.17) is 5.73 Å². The van der Waals surface area contributed by atoms with Crippen molar-refractivity contribution >= 4 is 33.5 Å². The van der Waals surface area contributed by atoms with E-state index in [0.29, 0.717) is 22.6 Å². The van der Waals surface area contributed by atoms with Gasteiger partial charge in [-0.1, -0.05) is 0 Å². The minimum Gasteiger partial charge on any atom is -0.383 e. The Morgan fingerprint density at radius 1 is 1.09 bits per heavy atom. The number of aromatic nitrogens is 5. The van der Waals surface area contributed by atoms with Crippen molar-refractivity contribution in [1.29, 1.82) is 0 Å². The molecular formula is C24H23FN8O. The molecule has 0 aliphatic rings. The maximum Gasteiger partial charge on any atom is 0.268 e. The van der Waals surface area contributed by atoms with Gasteiger partial charge >= 0.3 is 0 Å². The minimum absolute atomic E-state index is 0.185. The number of carbonyl (C=O) groups is 1. The first-order valence-electron chi connectivity index (χ1n) is 10.6. The van der Waals surface area contributed by atoms with E-state index in [1.54, 1.807) is 70.1 Å². The van der Waals surface area contributed by atoms with E-state index in [1.165, 1.54) is 12.1 Å². The van der Waals surface area contributed by atoms with Crippen molar-refractivity contribution in [3.8, 4) is 5.69 Å². The number of carbonyl (C=O) groups excluding carboxylic acids is 1. The van der Waals surface area contributed by atoms with Gasteiger partial charge in [-0.15, -0.1) is 0 Å². The van der Waals surface area contributed by atoms with Gasteiger partial charge in [0.1, 0.15) is 11.6 Å². The van der Waals surface area contributed by atoms with E-state index in [-0.39, 0.29) is 18.3 Å². The molecule has 0 spiro atoms. The molecule has 0 fully saturated rings. The van der Waals surface area contributed by atoms with Crippen LogP contribution < -0.4 is 5.73 Å². The Labute approximate surface area is 194 Å². The first-order chi connectivity index (χ1) is 16.3. The second kappa shape index (κ2) is 8.23. The molecule has 2 N–H and O–H groups in total. The number of hydrogen-bond acceptors (Lipinski definition) is 6. The zero-order chi connectivity index (χ0) is 24.0. The number of nitrogens with two attached hydrogens (primary N) is 1. The number of benzene rings is 2. The summed E-state index contributed by atoms with van der Waals surface area (Å²) >= 11 is 0. The van der Waals surface area contributed by atoms with E-state index >= 15 is 0 Å². The van der Waals surface area contributed by atoms with Crippen molar-refractivity contribution in [1.82, 2.24) is 34.6 Å². The van der Waals surface area contributed by atoms with Crippen LogP contribution in [0.1, 0.15) is 16.1 Å². The molecule has 10 heteroatoms. The highest BCUT2D eigenvalue weighted by Gasteiger charge is 2.21. The Morgan fingerprint density at radius 2 is 1.85 bits per heavy atom. The van der Waals surface area contributed by atoms with Gasteiger partial charge in [0.25, 0.3) is 5.91 Å². The van der Waals surface area contributed by atoms with Crippen LogP contribution in [-0.4, -0.2) is 54.6 Å².